The Morgan fingerprint density at radius 1 is 1.45 bits per heavy atom. The van der Waals surface area contributed by atoms with Crippen molar-refractivity contribution >= 4 is 22.4 Å². The molecule has 104 valence electrons. The number of aromatic carboxylic acids is 1. The molecule has 1 aliphatic rings. The molecular weight excluding hydrogens is 280 g/mol. The summed E-state index contributed by atoms with van der Waals surface area (Å²) in [6, 6.07) is 5.68. The molecule has 3 rings (SSSR count). The maximum absolute atomic E-state index is 10.9. The van der Waals surface area contributed by atoms with Crippen molar-refractivity contribution in [3.63, 3.8) is 0 Å². The number of hydrogen-bond acceptors (Lipinski definition) is 6. The van der Waals surface area contributed by atoms with E-state index in [0.717, 1.165) is 28.4 Å². The van der Waals surface area contributed by atoms with E-state index < -0.39 is 5.97 Å². The van der Waals surface area contributed by atoms with Crippen LogP contribution in [0.5, 0.6) is 11.5 Å². The van der Waals surface area contributed by atoms with Crippen LogP contribution in [0.2, 0.25) is 0 Å². The summed E-state index contributed by atoms with van der Waals surface area (Å²) in [5.41, 5.74) is 1.54. The van der Waals surface area contributed by atoms with E-state index in [-0.39, 0.29) is 11.7 Å². The third-order valence-electron chi connectivity index (χ3n) is 2.87. The highest BCUT2D eigenvalue weighted by atomic mass is 32.1. The van der Waals surface area contributed by atoms with Crippen LogP contribution in [-0.2, 0) is 6.54 Å². The number of nitrogens with zero attached hydrogens (tertiary/aromatic N) is 1. The third-order valence-corrected chi connectivity index (χ3v) is 3.97. The molecule has 1 aromatic heterocycles. The van der Waals surface area contributed by atoms with Crippen molar-refractivity contribution in [3.8, 4) is 11.5 Å². The molecule has 0 amide bonds. The van der Waals surface area contributed by atoms with E-state index in [1.54, 1.807) is 6.92 Å². The normalized spacial score (nSPS) is 12.4. The molecule has 0 fully saturated rings. The summed E-state index contributed by atoms with van der Waals surface area (Å²) < 4.78 is 10.5. The van der Waals surface area contributed by atoms with E-state index in [0.29, 0.717) is 17.4 Å². The Labute approximate surface area is 119 Å². The van der Waals surface area contributed by atoms with E-state index in [4.69, 9.17) is 14.6 Å². The number of carboxylic acids is 1. The van der Waals surface area contributed by atoms with Crippen molar-refractivity contribution in [3.05, 3.63) is 34.3 Å². The van der Waals surface area contributed by atoms with Crippen molar-refractivity contribution in [1.29, 1.82) is 0 Å². The molecule has 0 aliphatic carbocycles. The van der Waals surface area contributed by atoms with Gasteiger partial charge in [0.15, 0.2) is 16.6 Å². The summed E-state index contributed by atoms with van der Waals surface area (Å²) in [6.45, 7) is 2.48. The molecule has 1 aromatic carbocycles. The lowest BCUT2D eigenvalue weighted by Crippen LogP contribution is -1.98. The zero-order chi connectivity index (χ0) is 14.1. The lowest BCUT2D eigenvalue weighted by atomic mass is 10.2. The Kier molecular flexibility index (Phi) is 3.19. The Morgan fingerprint density at radius 3 is 3.00 bits per heavy atom. The zero-order valence-electron chi connectivity index (χ0n) is 10.7. The van der Waals surface area contributed by atoms with E-state index in [1.165, 1.54) is 0 Å². The lowest BCUT2D eigenvalue weighted by Gasteiger charge is -2.04. The van der Waals surface area contributed by atoms with Crippen LogP contribution in [0.25, 0.3) is 0 Å². The number of benzene rings is 1. The number of anilines is 1. The minimum atomic E-state index is -0.948. The first-order valence-electron chi connectivity index (χ1n) is 5.96. The molecule has 2 heterocycles. The highest BCUT2D eigenvalue weighted by Crippen LogP contribution is 2.32. The highest BCUT2D eigenvalue weighted by Gasteiger charge is 2.15. The van der Waals surface area contributed by atoms with Crippen molar-refractivity contribution in [1.82, 2.24) is 4.98 Å². The second-order valence-corrected chi connectivity index (χ2v) is 5.28. The van der Waals surface area contributed by atoms with E-state index in [1.807, 2.05) is 18.2 Å². The number of ether oxygens (including phenoxy) is 2. The molecule has 0 bridgehead atoms. The zero-order valence-corrected chi connectivity index (χ0v) is 11.5. The Hall–Kier alpha value is -2.28. The topological polar surface area (TPSA) is 80.7 Å². The molecule has 0 unspecified atom stereocenters. The molecule has 0 spiro atoms. The summed E-state index contributed by atoms with van der Waals surface area (Å²) >= 11 is 1.13. The molecule has 6 nitrogen and oxygen atoms in total. The standard InChI is InChI=1S/C13H12N2O4S/c1-7-11(12(16)17)20-13(15-7)14-5-8-2-3-9-10(4-8)19-6-18-9/h2-4H,5-6H2,1H3,(H,14,15)(H,16,17). The molecule has 0 saturated carbocycles. The molecular formula is C13H12N2O4S. The fourth-order valence-corrected chi connectivity index (χ4v) is 2.70. The maximum Gasteiger partial charge on any atom is 0.347 e. The first kappa shape index (κ1) is 12.7. The molecule has 7 heteroatoms. The summed E-state index contributed by atoms with van der Waals surface area (Å²) in [7, 11) is 0. The number of aromatic nitrogens is 1. The first-order valence-corrected chi connectivity index (χ1v) is 6.78. The second-order valence-electron chi connectivity index (χ2n) is 4.28. The van der Waals surface area contributed by atoms with Crippen molar-refractivity contribution in [2.24, 2.45) is 0 Å². The molecule has 0 atom stereocenters. The third kappa shape index (κ3) is 2.39. The molecule has 2 aromatic rings. The first-order chi connectivity index (χ1) is 9.63. The number of fused-ring (bicyclic) bond motifs is 1. The number of aryl methyl sites for hydroxylation is 1. The number of carbonyl (C=O) groups is 1. The quantitative estimate of drug-likeness (QED) is 0.901. The van der Waals surface area contributed by atoms with Gasteiger partial charge in [0.05, 0.1) is 5.69 Å². The smallest absolute Gasteiger partial charge is 0.347 e. The Morgan fingerprint density at radius 2 is 2.25 bits per heavy atom. The highest BCUT2D eigenvalue weighted by molar-refractivity contribution is 7.17. The second kappa shape index (κ2) is 5.01. The minimum Gasteiger partial charge on any atom is -0.477 e. The van der Waals surface area contributed by atoms with Crippen LogP contribution in [0.15, 0.2) is 18.2 Å². The van der Waals surface area contributed by atoms with Crippen LogP contribution >= 0.6 is 11.3 Å². The summed E-state index contributed by atoms with van der Waals surface area (Å²) in [6.07, 6.45) is 0. The Bertz CT molecular complexity index is 668. The van der Waals surface area contributed by atoms with Gasteiger partial charge in [0.2, 0.25) is 6.79 Å². The molecule has 20 heavy (non-hydrogen) atoms. The summed E-state index contributed by atoms with van der Waals surface area (Å²) in [5, 5.41) is 12.7. The largest absolute Gasteiger partial charge is 0.477 e. The van der Waals surface area contributed by atoms with Crippen molar-refractivity contribution in [2.45, 2.75) is 13.5 Å². The van der Waals surface area contributed by atoms with Gasteiger partial charge in [0.1, 0.15) is 4.88 Å². The monoisotopic (exact) mass is 292 g/mol. The van der Waals surface area contributed by atoms with Crippen LogP contribution in [-0.4, -0.2) is 22.9 Å². The number of thiazole rings is 1. The molecule has 2 N–H and O–H groups in total. The van der Waals surface area contributed by atoms with Gasteiger partial charge in [-0.3, -0.25) is 0 Å². The Balaban J connectivity index is 1.70. The minimum absolute atomic E-state index is 0.250. The molecule has 0 saturated heterocycles. The van der Waals surface area contributed by atoms with Gasteiger partial charge in [-0.2, -0.15) is 0 Å². The number of hydrogen-bond donors (Lipinski definition) is 2. The maximum atomic E-state index is 10.9. The fraction of sp³-hybridized carbons (Fsp3) is 0.231. The summed E-state index contributed by atoms with van der Waals surface area (Å²) in [5.74, 6) is 0.522. The van der Waals surface area contributed by atoms with Crippen molar-refractivity contribution in [2.75, 3.05) is 12.1 Å². The fourth-order valence-electron chi connectivity index (χ4n) is 1.90. The van der Waals surface area contributed by atoms with E-state index in [2.05, 4.69) is 10.3 Å². The average Bonchev–Trinajstić information content (AvgIpc) is 3.01. The molecule has 1 aliphatic heterocycles. The van der Waals surface area contributed by atoms with Gasteiger partial charge >= 0.3 is 5.97 Å². The number of rotatable bonds is 4. The van der Waals surface area contributed by atoms with Crippen LogP contribution < -0.4 is 14.8 Å². The van der Waals surface area contributed by atoms with Gasteiger partial charge in [-0.1, -0.05) is 17.4 Å². The van der Waals surface area contributed by atoms with Crippen LogP contribution in [0.4, 0.5) is 5.13 Å². The average molecular weight is 292 g/mol. The predicted octanol–water partition coefficient (Wildman–Crippen LogP) is 2.49. The lowest BCUT2D eigenvalue weighted by molar-refractivity contribution is 0.0701. The van der Waals surface area contributed by atoms with Crippen molar-refractivity contribution < 1.29 is 19.4 Å². The summed E-state index contributed by atoms with van der Waals surface area (Å²) in [4.78, 5) is 15.4. The van der Waals surface area contributed by atoms with E-state index >= 15 is 0 Å². The van der Waals surface area contributed by atoms with Crippen LogP contribution in [0.1, 0.15) is 20.9 Å². The van der Waals surface area contributed by atoms with Gasteiger partial charge in [0.25, 0.3) is 0 Å². The van der Waals surface area contributed by atoms with Crippen LogP contribution in [0, 0.1) is 6.92 Å². The van der Waals surface area contributed by atoms with Gasteiger partial charge in [-0.05, 0) is 24.6 Å². The van der Waals surface area contributed by atoms with E-state index in [9.17, 15) is 4.79 Å². The predicted molar refractivity (Wildman–Crippen MR) is 73.7 cm³/mol. The number of nitrogens with one attached hydrogen (secondary N) is 1. The van der Waals surface area contributed by atoms with Crippen LogP contribution in [0.3, 0.4) is 0 Å². The number of carboxylic acid groups (broad SMARTS) is 1. The SMILES string of the molecule is Cc1nc(NCc2ccc3c(c2)OCO3)sc1C(=O)O. The van der Waals surface area contributed by atoms with Gasteiger partial charge in [-0.25, -0.2) is 9.78 Å². The van der Waals surface area contributed by atoms with Gasteiger partial charge in [0, 0.05) is 6.54 Å². The van der Waals surface area contributed by atoms with Gasteiger partial charge < -0.3 is 19.9 Å². The van der Waals surface area contributed by atoms with Gasteiger partial charge in [-0.15, -0.1) is 0 Å². The molecule has 0 radical (unpaired) electrons.